The molecule has 0 bridgehead atoms. The highest BCUT2D eigenvalue weighted by atomic mass is 16.4. The number of carbonyl (C=O) groups is 2. The molecule has 0 aliphatic carbocycles. The van der Waals surface area contributed by atoms with Gasteiger partial charge in [-0.15, -0.1) is 0 Å². The summed E-state index contributed by atoms with van der Waals surface area (Å²) in [5.41, 5.74) is 0.286. The molecule has 0 spiro atoms. The number of carboxylic acids is 1. The van der Waals surface area contributed by atoms with Crippen molar-refractivity contribution in [3.8, 4) is 0 Å². The van der Waals surface area contributed by atoms with Crippen molar-refractivity contribution in [2.24, 2.45) is 0 Å². The molecule has 0 radical (unpaired) electrons. The number of aldehydes is 1. The number of allylic oxidation sites excluding steroid dienone is 2. The quantitative estimate of drug-likeness (QED) is 0.677. The van der Waals surface area contributed by atoms with Crippen LogP contribution in [0.1, 0.15) is 13.8 Å². The second-order valence-electron chi connectivity index (χ2n) is 3.41. The number of carboxylic acid groups (broad SMARTS) is 1. The summed E-state index contributed by atoms with van der Waals surface area (Å²) in [7, 11) is 0. The Labute approximate surface area is 82.5 Å². The van der Waals surface area contributed by atoms with Gasteiger partial charge in [-0.2, -0.15) is 0 Å². The minimum Gasteiger partial charge on any atom is -0.479 e. The fourth-order valence-electron chi connectivity index (χ4n) is 1.45. The molecular weight excluding hydrogens is 182 g/mol. The molecule has 0 saturated carbocycles. The lowest BCUT2D eigenvalue weighted by molar-refractivity contribution is -0.142. The maximum atomic E-state index is 11.0. The Hall–Kier alpha value is -1.58. The van der Waals surface area contributed by atoms with Gasteiger partial charge in [0.15, 0.2) is 6.04 Å². The lowest BCUT2D eigenvalue weighted by Gasteiger charge is -2.33. The van der Waals surface area contributed by atoms with Gasteiger partial charge in [0.05, 0.1) is 0 Å². The van der Waals surface area contributed by atoms with E-state index >= 15 is 0 Å². The summed E-state index contributed by atoms with van der Waals surface area (Å²) >= 11 is 0. The third-order valence-electron chi connectivity index (χ3n) is 2.13. The number of aliphatic carboxylic acids is 1. The highest BCUT2D eigenvalue weighted by Crippen LogP contribution is 2.18. The van der Waals surface area contributed by atoms with Gasteiger partial charge in [0.1, 0.15) is 6.29 Å². The number of nitrogens with zero attached hydrogens (tertiary/aromatic N) is 1. The summed E-state index contributed by atoms with van der Waals surface area (Å²) in [5, 5.41) is 8.98. The standard InChI is InChI=1S/C10H13NO3/c1-7(2)11-5-3-4-8(6-12)9(11)10(13)14/h3-7,9H,1-2H3,(H,13,14). The molecule has 1 N–H and O–H groups in total. The predicted molar refractivity (Wildman–Crippen MR) is 51.7 cm³/mol. The van der Waals surface area contributed by atoms with Crippen LogP contribution in [0, 0.1) is 0 Å². The third-order valence-corrected chi connectivity index (χ3v) is 2.13. The summed E-state index contributed by atoms with van der Waals surface area (Å²) in [6.45, 7) is 3.77. The Morgan fingerprint density at radius 3 is 2.71 bits per heavy atom. The molecular formula is C10H13NO3. The zero-order chi connectivity index (χ0) is 10.7. The maximum Gasteiger partial charge on any atom is 0.331 e. The van der Waals surface area contributed by atoms with E-state index in [0.717, 1.165) is 0 Å². The predicted octanol–water partition coefficient (Wildman–Crippen LogP) is 0.803. The third kappa shape index (κ3) is 1.84. The Balaban J connectivity index is 3.01. The Morgan fingerprint density at radius 2 is 2.29 bits per heavy atom. The van der Waals surface area contributed by atoms with Crippen LogP contribution in [-0.2, 0) is 9.59 Å². The highest BCUT2D eigenvalue weighted by Gasteiger charge is 2.30. The zero-order valence-electron chi connectivity index (χ0n) is 8.18. The van der Waals surface area contributed by atoms with Crippen molar-refractivity contribution >= 4 is 12.3 Å². The minimum atomic E-state index is -0.999. The minimum absolute atomic E-state index is 0.0519. The first-order chi connectivity index (χ1) is 6.57. The summed E-state index contributed by atoms with van der Waals surface area (Å²) < 4.78 is 0. The van der Waals surface area contributed by atoms with E-state index in [1.54, 1.807) is 17.2 Å². The van der Waals surface area contributed by atoms with Gasteiger partial charge in [-0.05, 0) is 19.9 Å². The van der Waals surface area contributed by atoms with Crippen molar-refractivity contribution in [2.45, 2.75) is 25.9 Å². The van der Waals surface area contributed by atoms with Crippen molar-refractivity contribution in [2.75, 3.05) is 0 Å². The van der Waals surface area contributed by atoms with Crippen LogP contribution in [0.4, 0.5) is 0 Å². The second-order valence-corrected chi connectivity index (χ2v) is 3.41. The van der Waals surface area contributed by atoms with E-state index in [1.807, 2.05) is 13.8 Å². The van der Waals surface area contributed by atoms with E-state index < -0.39 is 12.0 Å². The molecule has 0 aromatic rings. The average Bonchev–Trinajstić information content (AvgIpc) is 2.16. The maximum absolute atomic E-state index is 11.0. The molecule has 0 fully saturated rings. The first-order valence-electron chi connectivity index (χ1n) is 4.41. The number of carbonyl (C=O) groups excluding carboxylic acids is 1. The van der Waals surface area contributed by atoms with Crippen molar-refractivity contribution in [1.29, 1.82) is 0 Å². The van der Waals surface area contributed by atoms with Crippen LogP contribution in [0.3, 0.4) is 0 Å². The van der Waals surface area contributed by atoms with Gasteiger partial charge in [0.25, 0.3) is 0 Å². The zero-order valence-corrected chi connectivity index (χ0v) is 8.18. The molecule has 1 aliphatic heterocycles. The molecule has 1 unspecified atom stereocenters. The van der Waals surface area contributed by atoms with Crippen molar-refractivity contribution in [3.63, 3.8) is 0 Å². The van der Waals surface area contributed by atoms with Gasteiger partial charge >= 0.3 is 5.97 Å². The molecule has 1 heterocycles. The van der Waals surface area contributed by atoms with E-state index in [-0.39, 0.29) is 11.6 Å². The van der Waals surface area contributed by atoms with Crippen LogP contribution >= 0.6 is 0 Å². The van der Waals surface area contributed by atoms with Crippen LogP contribution in [0.15, 0.2) is 23.9 Å². The van der Waals surface area contributed by atoms with Crippen molar-refractivity contribution in [1.82, 2.24) is 4.90 Å². The molecule has 0 aromatic carbocycles. The van der Waals surface area contributed by atoms with E-state index in [4.69, 9.17) is 5.11 Å². The lowest BCUT2D eigenvalue weighted by atomic mass is 10.0. The first-order valence-corrected chi connectivity index (χ1v) is 4.41. The van der Waals surface area contributed by atoms with E-state index in [9.17, 15) is 9.59 Å². The largest absolute Gasteiger partial charge is 0.479 e. The van der Waals surface area contributed by atoms with Gasteiger partial charge in [0.2, 0.25) is 0 Å². The topological polar surface area (TPSA) is 57.6 Å². The summed E-state index contributed by atoms with van der Waals surface area (Å²) in [5.74, 6) is -0.999. The van der Waals surface area contributed by atoms with Crippen LogP contribution < -0.4 is 0 Å². The number of hydrogen-bond donors (Lipinski definition) is 1. The Bertz CT molecular complexity index is 304. The Kier molecular flexibility index (Phi) is 3.06. The van der Waals surface area contributed by atoms with Gasteiger partial charge in [0, 0.05) is 17.8 Å². The smallest absolute Gasteiger partial charge is 0.331 e. The van der Waals surface area contributed by atoms with E-state index in [2.05, 4.69) is 0 Å². The molecule has 4 nitrogen and oxygen atoms in total. The normalized spacial score (nSPS) is 20.9. The van der Waals surface area contributed by atoms with Gasteiger partial charge < -0.3 is 10.0 Å². The summed E-state index contributed by atoms with van der Waals surface area (Å²) in [4.78, 5) is 23.3. The fourth-order valence-corrected chi connectivity index (χ4v) is 1.45. The fraction of sp³-hybridized carbons (Fsp3) is 0.400. The van der Waals surface area contributed by atoms with Crippen LogP contribution in [0.2, 0.25) is 0 Å². The van der Waals surface area contributed by atoms with Crippen LogP contribution in [-0.4, -0.2) is 34.3 Å². The molecule has 76 valence electrons. The molecule has 1 aliphatic rings. The monoisotopic (exact) mass is 195 g/mol. The van der Waals surface area contributed by atoms with E-state index in [1.165, 1.54) is 6.08 Å². The molecule has 1 atom stereocenters. The molecule has 0 saturated heterocycles. The van der Waals surface area contributed by atoms with Crippen LogP contribution in [0.5, 0.6) is 0 Å². The van der Waals surface area contributed by atoms with Gasteiger partial charge in [-0.3, -0.25) is 4.79 Å². The number of rotatable bonds is 3. The average molecular weight is 195 g/mol. The molecule has 4 heteroatoms. The summed E-state index contributed by atoms with van der Waals surface area (Å²) in [6.07, 6.45) is 5.50. The molecule has 1 rings (SSSR count). The lowest BCUT2D eigenvalue weighted by Crippen LogP contribution is -2.44. The van der Waals surface area contributed by atoms with Gasteiger partial charge in [-0.1, -0.05) is 6.08 Å². The van der Waals surface area contributed by atoms with Gasteiger partial charge in [-0.25, -0.2) is 4.79 Å². The van der Waals surface area contributed by atoms with Crippen molar-refractivity contribution in [3.05, 3.63) is 23.9 Å². The Morgan fingerprint density at radius 1 is 1.64 bits per heavy atom. The molecule has 0 amide bonds. The molecule has 14 heavy (non-hydrogen) atoms. The van der Waals surface area contributed by atoms with E-state index in [0.29, 0.717) is 6.29 Å². The van der Waals surface area contributed by atoms with Crippen molar-refractivity contribution < 1.29 is 14.7 Å². The first kappa shape index (κ1) is 10.5. The molecule has 0 aromatic heterocycles. The SMILES string of the molecule is CC(C)N1C=CC=C(C=O)C1C(=O)O. The van der Waals surface area contributed by atoms with Crippen LogP contribution in [0.25, 0.3) is 0 Å². The summed E-state index contributed by atoms with van der Waals surface area (Å²) in [6, 6.07) is -0.798. The second kappa shape index (κ2) is 4.09. The highest BCUT2D eigenvalue weighted by molar-refractivity contribution is 5.90. The number of hydrogen-bond acceptors (Lipinski definition) is 3.